The summed E-state index contributed by atoms with van der Waals surface area (Å²) < 4.78 is 16.2. The molecule has 1 heterocycles. The third-order valence-electron chi connectivity index (χ3n) is 3.95. The molecule has 3 aromatic rings. The van der Waals surface area contributed by atoms with E-state index in [4.69, 9.17) is 14.2 Å². The lowest BCUT2D eigenvalue weighted by Gasteiger charge is -2.15. The van der Waals surface area contributed by atoms with Crippen LogP contribution in [-0.2, 0) is 0 Å². The van der Waals surface area contributed by atoms with Gasteiger partial charge < -0.3 is 14.2 Å². The van der Waals surface area contributed by atoms with Gasteiger partial charge in [0.2, 0.25) is 0 Å². The average Bonchev–Trinajstić information content (AvgIpc) is 2.61. The highest BCUT2D eigenvalue weighted by molar-refractivity contribution is 6.01. The molecule has 0 saturated carbocycles. The van der Waals surface area contributed by atoms with Gasteiger partial charge in [-0.3, -0.25) is 4.98 Å². The van der Waals surface area contributed by atoms with E-state index in [0.717, 1.165) is 44.8 Å². The Bertz CT molecular complexity index is 841. The highest BCUT2D eigenvalue weighted by Crippen LogP contribution is 2.40. The van der Waals surface area contributed by atoms with Crippen LogP contribution in [0.25, 0.3) is 22.0 Å². The number of benzene rings is 2. The Morgan fingerprint density at radius 2 is 1.57 bits per heavy atom. The lowest BCUT2D eigenvalue weighted by Crippen LogP contribution is -1.96. The van der Waals surface area contributed by atoms with Gasteiger partial charge in [0.1, 0.15) is 5.75 Å². The number of hydrogen-bond donors (Lipinski definition) is 0. The molecule has 0 aliphatic heterocycles. The molecular formula is C19H19NO3. The molecule has 0 aliphatic rings. The van der Waals surface area contributed by atoms with Crippen molar-refractivity contribution in [1.82, 2.24) is 4.98 Å². The van der Waals surface area contributed by atoms with Crippen LogP contribution in [0.15, 0.2) is 42.6 Å². The molecule has 0 fully saturated rings. The Kier molecular flexibility index (Phi) is 4.06. The highest BCUT2D eigenvalue weighted by Gasteiger charge is 2.15. The molecule has 0 atom stereocenters. The fourth-order valence-corrected chi connectivity index (χ4v) is 2.79. The number of aromatic nitrogens is 1. The Labute approximate surface area is 135 Å². The number of methoxy groups -OCH3 is 3. The first-order valence-corrected chi connectivity index (χ1v) is 7.34. The molecule has 118 valence electrons. The first-order chi connectivity index (χ1) is 11.2. The predicted molar refractivity (Wildman–Crippen MR) is 91.6 cm³/mol. The molecule has 4 heteroatoms. The van der Waals surface area contributed by atoms with E-state index in [1.54, 1.807) is 21.3 Å². The quantitative estimate of drug-likeness (QED) is 0.723. The summed E-state index contributed by atoms with van der Waals surface area (Å²) in [6.45, 7) is 2.02. The van der Waals surface area contributed by atoms with E-state index in [-0.39, 0.29) is 0 Å². The summed E-state index contributed by atoms with van der Waals surface area (Å²) in [4.78, 5) is 4.63. The van der Waals surface area contributed by atoms with Gasteiger partial charge in [-0.1, -0.05) is 0 Å². The van der Waals surface area contributed by atoms with Crippen LogP contribution in [0.4, 0.5) is 0 Å². The van der Waals surface area contributed by atoms with Crippen molar-refractivity contribution in [2.24, 2.45) is 0 Å². The molecule has 3 rings (SSSR count). The Hall–Kier alpha value is -2.75. The molecule has 0 aliphatic carbocycles. The zero-order valence-corrected chi connectivity index (χ0v) is 13.7. The minimum atomic E-state index is 0.718. The average molecular weight is 309 g/mol. The Morgan fingerprint density at radius 1 is 0.826 bits per heavy atom. The van der Waals surface area contributed by atoms with E-state index in [1.165, 1.54) is 0 Å². The summed E-state index contributed by atoms with van der Waals surface area (Å²) in [7, 11) is 4.96. The highest BCUT2D eigenvalue weighted by atomic mass is 16.5. The van der Waals surface area contributed by atoms with E-state index in [9.17, 15) is 0 Å². The minimum absolute atomic E-state index is 0.718. The van der Waals surface area contributed by atoms with E-state index in [1.807, 2.05) is 49.5 Å². The van der Waals surface area contributed by atoms with Crippen LogP contribution >= 0.6 is 0 Å². The Morgan fingerprint density at radius 3 is 2.17 bits per heavy atom. The molecule has 0 N–H and O–H groups in total. The normalized spacial score (nSPS) is 10.6. The van der Waals surface area contributed by atoms with Crippen molar-refractivity contribution >= 4 is 10.8 Å². The summed E-state index contributed by atoms with van der Waals surface area (Å²) in [6, 6.07) is 11.8. The van der Waals surface area contributed by atoms with Gasteiger partial charge in [-0.2, -0.15) is 0 Å². The number of rotatable bonds is 4. The standard InChI is InChI=1S/C19H19NO3/c1-12-11-20-18(13-5-7-14(21-2)8-6-13)15-9-10-16(22-3)19(23-4)17(12)15/h5-11H,1-4H3. The first-order valence-electron chi connectivity index (χ1n) is 7.34. The molecule has 4 nitrogen and oxygen atoms in total. The first kappa shape index (κ1) is 15.2. The van der Waals surface area contributed by atoms with Crippen LogP contribution in [0.5, 0.6) is 17.2 Å². The lowest BCUT2D eigenvalue weighted by molar-refractivity contribution is 0.358. The number of ether oxygens (including phenoxy) is 3. The van der Waals surface area contributed by atoms with Gasteiger partial charge in [0.15, 0.2) is 11.5 Å². The molecule has 0 amide bonds. The summed E-state index contributed by atoms with van der Waals surface area (Å²) in [5, 5.41) is 2.06. The maximum atomic E-state index is 5.58. The van der Waals surface area contributed by atoms with Crippen molar-refractivity contribution in [3.8, 4) is 28.5 Å². The van der Waals surface area contributed by atoms with Crippen molar-refractivity contribution in [2.75, 3.05) is 21.3 Å². The molecule has 0 spiro atoms. The maximum Gasteiger partial charge on any atom is 0.168 e. The minimum Gasteiger partial charge on any atom is -0.497 e. The van der Waals surface area contributed by atoms with E-state index in [0.29, 0.717) is 0 Å². The molecule has 2 aromatic carbocycles. The van der Waals surface area contributed by atoms with Gasteiger partial charge >= 0.3 is 0 Å². The predicted octanol–water partition coefficient (Wildman–Crippen LogP) is 4.24. The van der Waals surface area contributed by atoms with Gasteiger partial charge in [0.25, 0.3) is 0 Å². The number of fused-ring (bicyclic) bond motifs is 1. The van der Waals surface area contributed by atoms with Gasteiger partial charge in [-0.15, -0.1) is 0 Å². The second-order valence-electron chi connectivity index (χ2n) is 5.24. The summed E-state index contributed by atoms with van der Waals surface area (Å²) in [5.74, 6) is 2.28. The molecule has 0 radical (unpaired) electrons. The van der Waals surface area contributed by atoms with E-state index >= 15 is 0 Å². The van der Waals surface area contributed by atoms with E-state index in [2.05, 4.69) is 4.98 Å². The fraction of sp³-hybridized carbons (Fsp3) is 0.211. The zero-order chi connectivity index (χ0) is 16.4. The second-order valence-corrected chi connectivity index (χ2v) is 5.24. The van der Waals surface area contributed by atoms with E-state index < -0.39 is 0 Å². The summed E-state index contributed by atoms with van der Waals surface area (Å²) in [5.41, 5.74) is 2.99. The third-order valence-corrected chi connectivity index (χ3v) is 3.95. The van der Waals surface area contributed by atoms with Crippen molar-refractivity contribution < 1.29 is 14.2 Å². The van der Waals surface area contributed by atoms with Gasteiger partial charge in [-0.25, -0.2) is 0 Å². The number of hydrogen-bond acceptors (Lipinski definition) is 4. The van der Waals surface area contributed by atoms with Crippen LogP contribution in [0.1, 0.15) is 5.56 Å². The molecular weight excluding hydrogens is 290 g/mol. The third kappa shape index (κ3) is 2.57. The second kappa shape index (κ2) is 6.16. The topological polar surface area (TPSA) is 40.6 Å². The Balaban J connectivity index is 2.28. The molecule has 23 heavy (non-hydrogen) atoms. The van der Waals surface area contributed by atoms with Crippen molar-refractivity contribution in [2.45, 2.75) is 6.92 Å². The molecule has 0 bridgehead atoms. The monoisotopic (exact) mass is 309 g/mol. The molecule has 0 unspecified atom stereocenters. The van der Waals surface area contributed by atoms with Crippen LogP contribution in [0.3, 0.4) is 0 Å². The maximum absolute atomic E-state index is 5.58. The zero-order valence-electron chi connectivity index (χ0n) is 13.7. The summed E-state index contributed by atoms with van der Waals surface area (Å²) >= 11 is 0. The lowest BCUT2D eigenvalue weighted by atomic mass is 10.00. The van der Waals surface area contributed by atoms with Gasteiger partial charge in [0, 0.05) is 22.5 Å². The number of pyridine rings is 1. The van der Waals surface area contributed by atoms with Crippen LogP contribution < -0.4 is 14.2 Å². The largest absolute Gasteiger partial charge is 0.497 e. The molecule has 1 aromatic heterocycles. The number of nitrogens with zero attached hydrogens (tertiary/aromatic N) is 1. The smallest absolute Gasteiger partial charge is 0.168 e. The van der Waals surface area contributed by atoms with Crippen LogP contribution in [0.2, 0.25) is 0 Å². The summed E-state index contributed by atoms with van der Waals surface area (Å²) in [6.07, 6.45) is 1.86. The van der Waals surface area contributed by atoms with Gasteiger partial charge in [0.05, 0.1) is 27.0 Å². The van der Waals surface area contributed by atoms with Gasteiger partial charge in [-0.05, 0) is 48.9 Å². The van der Waals surface area contributed by atoms with Crippen molar-refractivity contribution in [1.29, 1.82) is 0 Å². The van der Waals surface area contributed by atoms with Crippen LogP contribution in [0, 0.1) is 6.92 Å². The van der Waals surface area contributed by atoms with Crippen LogP contribution in [-0.4, -0.2) is 26.3 Å². The van der Waals surface area contributed by atoms with Crippen molar-refractivity contribution in [3.63, 3.8) is 0 Å². The molecule has 0 saturated heterocycles. The fourth-order valence-electron chi connectivity index (χ4n) is 2.79. The SMILES string of the molecule is COc1ccc(-c2ncc(C)c3c(OC)c(OC)ccc23)cc1. The van der Waals surface area contributed by atoms with Crippen molar-refractivity contribution in [3.05, 3.63) is 48.2 Å². The number of aryl methyl sites for hydroxylation is 1.